The SMILES string of the molecule is CC1(N)CN(c2cnc(C(=O)Nc3cc(F)cc4cccnc34)cn2)C1. The third-order valence-corrected chi connectivity index (χ3v) is 4.22. The fourth-order valence-corrected chi connectivity index (χ4v) is 3.03. The molecule has 1 amide bonds. The first-order valence-corrected chi connectivity index (χ1v) is 8.13. The van der Waals surface area contributed by atoms with Crippen LogP contribution in [0.15, 0.2) is 42.9 Å². The van der Waals surface area contributed by atoms with E-state index in [0.717, 1.165) is 0 Å². The summed E-state index contributed by atoms with van der Waals surface area (Å²) in [6.45, 7) is 3.35. The molecule has 0 aliphatic carbocycles. The third kappa shape index (κ3) is 3.06. The number of fused-ring (bicyclic) bond motifs is 1. The highest BCUT2D eigenvalue weighted by molar-refractivity contribution is 6.07. The van der Waals surface area contributed by atoms with Crippen molar-refractivity contribution in [2.75, 3.05) is 23.3 Å². The smallest absolute Gasteiger partial charge is 0.275 e. The van der Waals surface area contributed by atoms with Gasteiger partial charge in [-0.3, -0.25) is 9.78 Å². The van der Waals surface area contributed by atoms with Crippen molar-refractivity contribution in [2.45, 2.75) is 12.5 Å². The molecule has 26 heavy (non-hydrogen) atoms. The lowest BCUT2D eigenvalue weighted by molar-refractivity contribution is 0.102. The zero-order valence-corrected chi connectivity index (χ0v) is 14.1. The van der Waals surface area contributed by atoms with Crippen molar-refractivity contribution in [1.29, 1.82) is 0 Å². The summed E-state index contributed by atoms with van der Waals surface area (Å²) in [5.41, 5.74) is 6.70. The predicted molar refractivity (Wildman–Crippen MR) is 96.5 cm³/mol. The number of nitrogens with two attached hydrogens (primary N) is 1. The Balaban J connectivity index is 1.54. The summed E-state index contributed by atoms with van der Waals surface area (Å²) in [6, 6.07) is 6.04. The highest BCUT2D eigenvalue weighted by Gasteiger charge is 2.35. The van der Waals surface area contributed by atoms with Crippen LogP contribution in [0.1, 0.15) is 17.4 Å². The summed E-state index contributed by atoms with van der Waals surface area (Å²) >= 11 is 0. The average Bonchev–Trinajstić information content (AvgIpc) is 2.59. The summed E-state index contributed by atoms with van der Waals surface area (Å²) in [7, 11) is 0. The molecule has 0 saturated carbocycles. The lowest BCUT2D eigenvalue weighted by Crippen LogP contribution is -2.65. The maximum Gasteiger partial charge on any atom is 0.275 e. The number of nitrogens with one attached hydrogen (secondary N) is 1. The van der Waals surface area contributed by atoms with Crippen LogP contribution in [0.2, 0.25) is 0 Å². The first-order valence-electron chi connectivity index (χ1n) is 8.13. The van der Waals surface area contributed by atoms with Crippen molar-refractivity contribution in [2.24, 2.45) is 5.73 Å². The Labute approximate surface area is 149 Å². The molecule has 1 saturated heterocycles. The van der Waals surface area contributed by atoms with Gasteiger partial charge in [0.05, 0.1) is 23.6 Å². The van der Waals surface area contributed by atoms with Gasteiger partial charge in [0.15, 0.2) is 0 Å². The molecule has 132 valence electrons. The molecular formula is C18H17FN6O. The number of nitrogens with zero attached hydrogens (tertiary/aromatic N) is 4. The number of hydrogen-bond acceptors (Lipinski definition) is 6. The largest absolute Gasteiger partial charge is 0.352 e. The zero-order valence-electron chi connectivity index (χ0n) is 14.1. The molecule has 0 bridgehead atoms. The molecule has 8 heteroatoms. The topological polar surface area (TPSA) is 97.0 Å². The molecule has 1 aliphatic heterocycles. The van der Waals surface area contributed by atoms with Crippen molar-refractivity contribution in [3.63, 3.8) is 0 Å². The van der Waals surface area contributed by atoms with E-state index in [1.807, 2.05) is 11.8 Å². The van der Waals surface area contributed by atoms with Gasteiger partial charge in [0, 0.05) is 30.2 Å². The van der Waals surface area contributed by atoms with E-state index in [9.17, 15) is 9.18 Å². The summed E-state index contributed by atoms with van der Waals surface area (Å²) in [5.74, 6) is -0.263. The van der Waals surface area contributed by atoms with E-state index in [1.54, 1.807) is 18.3 Å². The second kappa shape index (κ2) is 5.99. The van der Waals surface area contributed by atoms with E-state index < -0.39 is 11.7 Å². The third-order valence-electron chi connectivity index (χ3n) is 4.22. The van der Waals surface area contributed by atoms with Gasteiger partial charge >= 0.3 is 0 Å². The number of amides is 1. The van der Waals surface area contributed by atoms with Gasteiger partial charge < -0.3 is 16.0 Å². The van der Waals surface area contributed by atoms with E-state index in [0.29, 0.717) is 29.8 Å². The van der Waals surface area contributed by atoms with Crippen LogP contribution in [0.25, 0.3) is 10.9 Å². The highest BCUT2D eigenvalue weighted by Crippen LogP contribution is 2.25. The molecule has 3 heterocycles. The quantitative estimate of drug-likeness (QED) is 0.748. The molecule has 1 aromatic carbocycles. The molecule has 2 aromatic heterocycles. The molecular weight excluding hydrogens is 335 g/mol. The summed E-state index contributed by atoms with van der Waals surface area (Å²) < 4.78 is 13.8. The molecule has 4 rings (SSSR count). The maximum atomic E-state index is 13.8. The number of carbonyl (C=O) groups excluding carboxylic acids is 1. The molecule has 3 N–H and O–H groups in total. The lowest BCUT2D eigenvalue weighted by atomic mass is 9.94. The Kier molecular flexibility index (Phi) is 3.77. The van der Waals surface area contributed by atoms with Gasteiger partial charge in [-0.1, -0.05) is 6.07 Å². The molecule has 7 nitrogen and oxygen atoms in total. The number of aromatic nitrogens is 3. The first-order chi connectivity index (χ1) is 12.4. The van der Waals surface area contributed by atoms with Crippen molar-refractivity contribution >= 4 is 28.3 Å². The first kappa shape index (κ1) is 16.3. The van der Waals surface area contributed by atoms with Gasteiger partial charge in [0.1, 0.15) is 17.3 Å². The average molecular weight is 352 g/mol. The standard InChI is InChI=1S/C18H17FN6O/c1-18(20)9-25(10-18)15-8-22-14(7-23-15)17(26)24-13-6-12(19)5-11-3-2-4-21-16(11)13/h2-8H,9-10,20H2,1H3,(H,24,26). The minimum absolute atomic E-state index is 0.137. The fourth-order valence-electron chi connectivity index (χ4n) is 3.03. The van der Waals surface area contributed by atoms with Crippen LogP contribution < -0.4 is 16.0 Å². The number of pyridine rings is 1. The van der Waals surface area contributed by atoms with Crippen LogP contribution in [0.5, 0.6) is 0 Å². The molecule has 0 radical (unpaired) electrons. The molecule has 1 aliphatic rings. The van der Waals surface area contributed by atoms with Gasteiger partial charge in [0.2, 0.25) is 0 Å². The molecule has 3 aromatic rings. The van der Waals surface area contributed by atoms with Crippen LogP contribution in [0.4, 0.5) is 15.9 Å². The van der Waals surface area contributed by atoms with Crippen molar-refractivity contribution < 1.29 is 9.18 Å². The number of anilines is 2. The van der Waals surface area contributed by atoms with Crippen LogP contribution in [-0.4, -0.2) is 39.5 Å². The Morgan fingerprint density at radius 2 is 2.08 bits per heavy atom. The second-order valence-electron chi connectivity index (χ2n) is 6.75. The fraction of sp³-hybridized carbons (Fsp3) is 0.222. The highest BCUT2D eigenvalue weighted by atomic mass is 19.1. The van der Waals surface area contributed by atoms with Crippen molar-refractivity contribution in [3.8, 4) is 0 Å². The molecule has 0 atom stereocenters. The van der Waals surface area contributed by atoms with Gasteiger partial charge in [-0.2, -0.15) is 0 Å². The number of rotatable bonds is 3. The van der Waals surface area contributed by atoms with Gasteiger partial charge in [-0.05, 0) is 25.1 Å². The Morgan fingerprint density at radius 1 is 1.27 bits per heavy atom. The minimum atomic E-state index is -0.478. The molecule has 0 spiro atoms. The van der Waals surface area contributed by atoms with E-state index in [-0.39, 0.29) is 16.9 Å². The Bertz CT molecular complexity index is 981. The zero-order chi connectivity index (χ0) is 18.3. The Morgan fingerprint density at radius 3 is 2.77 bits per heavy atom. The number of halogens is 1. The van der Waals surface area contributed by atoms with Gasteiger partial charge in [-0.15, -0.1) is 0 Å². The van der Waals surface area contributed by atoms with Gasteiger partial charge in [-0.25, -0.2) is 14.4 Å². The predicted octanol–water partition coefficient (Wildman–Crippen LogP) is 1.95. The van der Waals surface area contributed by atoms with Crippen LogP contribution >= 0.6 is 0 Å². The number of hydrogen-bond donors (Lipinski definition) is 2. The lowest BCUT2D eigenvalue weighted by Gasteiger charge is -2.45. The summed E-state index contributed by atoms with van der Waals surface area (Å²) in [5, 5.41) is 3.26. The van der Waals surface area contributed by atoms with E-state index in [1.165, 1.54) is 24.5 Å². The number of carbonyl (C=O) groups is 1. The van der Waals surface area contributed by atoms with E-state index in [2.05, 4.69) is 20.3 Å². The summed E-state index contributed by atoms with van der Waals surface area (Å²) in [6.07, 6.45) is 4.51. The molecule has 1 fully saturated rings. The van der Waals surface area contributed by atoms with Gasteiger partial charge in [0.25, 0.3) is 5.91 Å². The van der Waals surface area contributed by atoms with Crippen LogP contribution in [0, 0.1) is 5.82 Å². The maximum absolute atomic E-state index is 13.8. The van der Waals surface area contributed by atoms with E-state index in [4.69, 9.17) is 5.73 Å². The van der Waals surface area contributed by atoms with Crippen LogP contribution in [-0.2, 0) is 0 Å². The second-order valence-corrected chi connectivity index (χ2v) is 6.75. The summed E-state index contributed by atoms with van der Waals surface area (Å²) in [4.78, 5) is 27.0. The monoisotopic (exact) mass is 352 g/mol. The van der Waals surface area contributed by atoms with E-state index >= 15 is 0 Å². The van der Waals surface area contributed by atoms with Crippen LogP contribution in [0.3, 0.4) is 0 Å². The Hall–Kier alpha value is -3.13. The normalized spacial score (nSPS) is 15.6. The van der Waals surface area contributed by atoms with Crippen molar-refractivity contribution in [3.05, 3.63) is 54.4 Å². The minimum Gasteiger partial charge on any atom is -0.352 e. The molecule has 0 unspecified atom stereocenters. The van der Waals surface area contributed by atoms with Crippen molar-refractivity contribution in [1.82, 2.24) is 15.0 Å². The number of benzene rings is 1.